The molecule has 0 bridgehead atoms. The molecular formula is C28H44N4O. The van der Waals surface area contributed by atoms with E-state index >= 15 is 0 Å². The van der Waals surface area contributed by atoms with Crippen molar-refractivity contribution < 1.29 is 4.79 Å². The number of Topliss-reactive ketones (excluding diaryl/α,β-unsaturated/α-hetero) is 1. The van der Waals surface area contributed by atoms with Crippen LogP contribution >= 0.6 is 0 Å². The molecule has 33 heavy (non-hydrogen) atoms. The van der Waals surface area contributed by atoms with Gasteiger partial charge in [-0.05, 0) is 64.2 Å². The van der Waals surface area contributed by atoms with E-state index < -0.39 is 0 Å². The lowest BCUT2D eigenvalue weighted by atomic mass is 9.74. The quantitative estimate of drug-likeness (QED) is 0.346. The normalized spacial score (nSPS) is 29.0. The minimum Gasteiger partial charge on any atom is -0.405 e. The zero-order chi connectivity index (χ0) is 24.4. The van der Waals surface area contributed by atoms with Crippen molar-refractivity contribution >= 4 is 5.78 Å². The lowest BCUT2D eigenvalue weighted by Gasteiger charge is -2.33. The second-order valence-corrected chi connectivity index (χ2v) is 9.15. The maximum atomic E-state index is 14.2. The number of fused-ring (bicyclic) bond motifs is 1. The van der Waals surface area contributed by atoms with Crippen LogP contribution in [0.5, 0.6) is 0 Å². The molecule has 0 heterocycles. The molecule has 4 atom stereocenters. The topological polar surface area (TPSA) is 84.4 Å². The van der Waals surface area contributed by atoms with Gasteiger partial charge in [0.05, 0.1) is 5.92 Å². The zero-order valence-electron chi connectivity index (χ0n) is 21.0. The Balaban J connectivity index is 2.55. The largest absolute Gasteiger partial charge is 0.405 e. The first kappa shape index (κ1) is 27.0. The average molecular weight is 453 g/mol. The number of likely N-dealkylation sites (N-methyl/N-ethyl adjacent to an activating group) is 1. The van der Waals surface area contributed by atoms with Crippen molar-refractivity contribution in [3.8, 4) is 0 Å². The Labute approximate surface area is 201 Å². The summed E-state index contributed by atoms with van der Waals surface area (Å²) in [5.41, 5.74) is 16.1. The van der Waals surface area contributed by atoms with Crippen molar-refractivity contribution in [2.45, 2.75) is 46.6 Å². The van der Waals surface area contributed by atoms with E-state index in [0.29, 0.717) is 6.54 Å². The molecule has 5 N–H and O–H groups in total. The van der Waals surface area contributed by atoms with Gasteiger partial charge in [0, 0.05) is 31.0 Å². The fourth-order valence-corrected chi connectivity index (χ4v) is 5.19. The molecule has 0 aliphatic heterocycles. The highest BCUT2D eigenvalue weighted by molar-refractivity contribution is 5.92. The number of rotatable bonds is 10. The van der Waals surface area contributed by atoms with Crippen molar-refractivity contribution in [1.29, 1.82) is 0 Å². The van der Waals surface area contributed by atoms with Crippen molar-refractivity contribution in [3.63, 3.8) is 0 Å². The van der Waals surface area contributed by atoms with E-state index in [-0.39, 0.29) is 29.6 Å². The number of carbonyl (C=O) groups is 1. The van der Waals surface area contributed by atoms with Crippen LogP contribution in [0.4, 0.5) is 0 Å². The Hall–Kier alpha value is -2.21. The molecule has 0 radical (unpaired) electrons. The number of nitrogens with one attached hydrogen (secondary N) is 1. The summed E-state index contributed by atoms with van der Waals surface area (Å²) in [6, 6.07) is 0.108. The van der Waals surface area contributed by atoms with Crippen LogP contribution in [0, 0.1) is 17.8 Å². The van der Waals surface area contributed by atoms with E-state index in [1.807, 2.05) is 13.0 Å². The molecule has 5 nitrogen and oxygen atoms in total. The van der Waals surface area contributed by atoms with E-state index in [1.165, 1.54) is 11.8 Å². The summed E-state index contributed by atoms with van der Waals surface area (Å²) in [7, 11) is 0. The van der Waals surface area contributed by atoms with E-state index in [4.69, 9.17) is 11.5 Å². The molecule has 1 saturated carbocycles. The van der Waals surface area contributed by atoms with Gasteiger partial charge >= 0.3 is 0 Å². The molecule has 1 fully saturated rings. The number of hydrogen-bond acceptors (Lipinski definition) is 5. The Morgan fingerprint density at radius 2 is 2.06 bits per heavy atom. The fraction of sp³-hybridized carbons (Fsp3) is 0.536. The summed E-state index contributed by atoms with van der Waals surface area (Å²) in [5.74, 6) is -0.378. The lowest BCUT2D eigenvalue weighted by molar-refractivity contribution is -0.124. The van der Waals surface area contributed by atoms with Gasteiger partial charge in [-0.1, -0.05) is 67.5 Å². The molecule has 2 aliphatic rings. The molecule has 0 aromatic carbocycles. The van der Waals surface area contributed by atoms with Crippen molar-refractivity contribution in [2.75, 3.05) is 32.7 Å². The number of hydrogen-bond donors (Lipinski definition) is 3. The van der Waals surface area contributed by atoms with E-state index in [9.17, 15) is 4.79 Å². The van der Waals surface area contributed by atoms with E-state index in [0.717, 1.165) is 55.7 Å². The van der Waals surface area contributed by atoms with Gasteiger partial charge in [-0.2, -0.15) is 0 Å². The van der Waals surface area contributed by atoms with Crippen molar-refractivity contribution in [2.24, 2.45) is 29.2 Å². The first-order valence-corrected chi connectivity index (χ1v) is 12.4. The average Bonchev–Trinajstić information content (AvgIpc) is 2.89. The van der Waals surface area contributed by atoms with Gasteiger partial charge < -0.3 is 21.7 Å². The number of nitrogens with zero attached hydrogens (tertiary/aromatic N) is 1. The standard InChI is InChI=1S/C28H44N4O/c1-6-32(7-2)17-16-31-25-18-22-13-10-8-9-12-21(5)26(22)28(33)27(24(25)19-30)23(20(3)4)14-11-15-29/h8-9,11-15,24-27,31H,3,6-7,10,16-19,29-30H2,1-2,4-5H3/b9-8-,15-11-,21-12+,22-13?,23-14+/t24?,25?,26?,27-/m1/s1. The predicted octanol–water partition coefficient (Wildman–Crippen LogP) is 3.87. The monoisotopic (exact) mass is 452 g/mol. The van der Waals surface area contributed by atoms with Crippen LogP contribution in [-0.4, -0.2) is 49.4 Å². The summed E-state index contributed by atoms with van der Waals surface area (Å²) in [6.45, 7) is 16.9. The van der Waals surface area contributed by atoms with Gasteiger partial charge in [-0.3, -0.25) is 4.79 Å². The minimum absolute atomic E-state index is 0.0294. The van der Waals surface area contributed by atoms with E-state index in [1.54, 1.807) is 6.08 Å². The molecule has 0 amide bonds. The minimum atomic E-state index is -0.336. The van der Waals surface area contributed by atoms with Crippen LogP contribution in [-0.2, 0) is 4.79 Å². The van der Waals surface area contributed by atoms with Gasteiger partial charge in [0.1, 0.15) is 0 Å². The summed E-state index contributed by atoms with van der Waals surface area (Å²) >= 11 is 0. The van der Waals surface area contributed by atoms with Crippen molar-refractivity contribution in [3.05, 3.63) is 71.5 Å². The molecule has 5 heteroatoms. The molecule has 2 rings (SSSR count). The highest BCUT2D eigenvalue weighted by Crippen LogP contribution is 2.41. The second-order valence-electron chi connectivity index (χ2n) is 9.15. The zero-order valence-corrected chi connectivity index (χ0v) is 21.0. The third kappa shape index (κ3) is 6.89. The fourth-order valence-electron chi connectivity index (χ4n) is 5.19. The Morgan fingerprint density at radius 3 is 2.67 bits per heavy atom. The third-order valence-corrected chi connectivity index (χ3v) is 7.04. The molecule has 3 unspecified atom stereocenters. The van der Waals surface area contributed by atoms with Gasteiger partial charge in [0.15, 0.2) is 5.78 Å². The molecule has 0 saturated heterocycles. The van der Waals surface area contributed by atoms with Crippen LogP contribution in [0.1, 0.15) is 40.5 Å². The smallest absolute Gasteiger partial charge is 0.151 e. The number of carbonyl (C=O) groups excluding carboxylic acids is 1. The summed E-state index contributed by atoms with van der Waals surface area (Å²) in [5, 5.41) is 3.79. The third-order valence-electron chi connectivity index (χ3n) is 7.04. The number of allylic oxidation sites excluding steroid dienone is 9. The van der Waals surface area contributed by atoms with Crippen LogP contribution < -0.4 is 16.8 Å². The molecular weight excluding hydrogens is 408 g/mol. The first-order chi connectivity index (χ1) is 15.9. The molecule has 182 valence electrons. The van der Waals surface area contributed by atoms with Crippen LogP contribution in [0.2, 0.25) is 0 Å². The predicted molar refractivity (Wildman–Crippen MR) is 141 cm³/mol. The molecule has 0 spiro atoms. The van der Waals surface area contributed by atoms with Crippen LogP contribution in [0.15, 0.2) is 71.5 Å². The molecule has 0 aromatic heterocycles. The van der Waals surface area contributed by atoms with Crippen LogP contribution in [0.25, 0.3) is 0 Å². The molecule has 2 aliphatic carbocycles. The second kappa shape index (κ2) is 13.5. The van der Waals surface area contributed by atoms with Crippen molar-refractivity contribution in [1.82, 2.24) is 10.2 Å². The Kier molecular flexibility index (Phi) is 11.0. The molecule has 0 aromatic rings. The van der Waals surface area contributed by atoms with Crippen LogP contribution in [0.3, 0.4) is 0 Å². The first-order valence-electron chi connectivity index (χ1n) is 12.4. The Morgan fingerprint density at radius 1 is 1.33 bits per heavy atom. The lowest BCUT2D eigenvalue weighted by Crippen LogP contribution is -2.47. The van der Waals surface area contributed by atoms with Gasteiger partial charge in [0.2, 0.25) is 0 Å². The number of ketones is 1. The number of nitrogens with two attached hydrogens (primary N) is 2. The highest BCUT2D eigenvalue weighted by atomic mass is 16.1. The highest BCUT2D eigenvalue weighted by Gasteiger charge is 2.44. The summed E-state index contributed by atoms with van der Waals surface area (Å²) in [4.78, 5) is 16.6. The van der Waals surface area contributed by atoms with Gasteiger partial charge in [0.25, 0.3) is 0 Å². The Bertz CT molecular complexity index is 829. The summed E-state index contributed by atoms with van der Waals surface area (Å²) < 4.78 is 0. The maximum Gasteiger partial charge on any atom is 0.151 e. The maximum absolute atomic E-state index is 14.2. The SMILES string of the molecule is C=C(C)/C(=C\C=C/N)[C@H]1C(=O)C2C(=CC/C=C\C=C\2C)CC(NCCN(CC)CC)C1CN. The van der Waals surface area contributed by atoms with Gasteiger partial charge in [-0.15, -0.1) is 0 Å². The van der Waals surface area contributed by atoms with E-state index in [2.05, 4.69) is 61.9 Å². The van der Waals surface area contributed by atoms with Gasteiger partial charge in [-0.25, -0.2) is 0 Å². The summed E-state index contributed by atoms with van der Waals surface area (Å²) in [6.07, 6.45) is 15.4.